The number of carbonyl (C=O) groups excluding carboxylic acids is 1. The molecule has 0 spiro atoms. The van der Waals surface area contributed by atoms with Crippen LogP contribution in [0.25, 0.3) is 0 Å². The first-order chi connectivity index (χ1) is 13.3. The van der Waals surface area contributed by atoms with E-state index in [4.69, 9.17) is 15.8 Å². The second kappa shape index (κ2) is 8.12. The van der Waals surface area contributed by atoms with Crippen molar-refractivity contribution >= 4 is 27.5 Å². The Kier molecular flexibility index (Phi) is 5.82. The average Bonchev–Trinajstić information content (AvgIpc) is 2.67. The van der Waals surface area contributed by atoms with Gasteiger partial charge in [-0.15, -0.1) is 0 Å². The molecule has 0 atom stereocenters. The molecule has 2 aromatic carbocycles. The van der Waals surface area contributed by atoms with Crippen LogP contribution in [0.4, 0.5) is 0 Å². The van der Waals surface area contributed by atoms with E-state index in [0.29, 0.717) is 22.7 Å². The van der Waals surface area contributed by atoms with E-state index in [1.807, 2.05) is 13.8 Å². The Balaban J connectivity index is 2.04. The first kappa shape index (κ1) is 20.0. The van der Waals surface area contributed by atoms with Crippen LogP contribution in [0.3, 0.4) is 0 Å². The first-order valence-corrected chi connectivity index (χ1v) is 10.4. The number of pyridine rings is 1. The zero-order valence-corrected chi connectivity index (χ0v) is 16.9. The molecule has 5 nitrogen and oxygen atoms in total. The topological polar surface area (TPSA) is 73.3 Å². The Bertz CT molecular complexity index is 1130. The Morgan fingerprint density at radius 2 is 1.79 bits per heavy atom. The minimum absolute atomic E-state index is 0.0112. The molecular weight excluding hydrogens is 398 g/mol. The van der Waals surface area contributed by atoms with E-state index in [2.05, 4.69) is 4.98 Å². The van der Waals surface area contributed by atoms with Crippen molar-refractivity contribution in [2.24, 2.45) is 0 Å². The number of nitrogens with zero attached hydrogens (tertiary/aromatic N) is 1. The zero-order valence-electron chi connectivity index (χ0n) is 15.3. The van der Waals surface area contributed by atoms with Crippen LogP contribution in [-0.2, 0) is 16.5 Å². The third-order valence-electron chi connectivity index (χ3n) is 4.11. The van der Waals surface area contributed by atoms with Crippen molar-refractivity contribution < 1.29 is 17.4 Å². The molecule has 0 amide bonds. The molecule has 0 fully saturated rings. The molecule has 3 aromatic rings. The predicted molar refractivity (Wildman–Crippen MR) is 107 cm³/mol. The molecule has 7 heteroatoms. The second-order valence-corrected chi connectivity index (χ2v) is 8.18. The van der Waals surface area contributed by atoms with Crippen LogP contribution in [0.5, 0.6) is 5.88 Å². The molecule has 3 rings (SSSR count). The summed E-state index contributed by atoms with van der Waals surface area (Å²) in [6, 6.07) is 15.8. The lowest BCUT2D eigenvalue weighted by Gasteiger charge is -2.12. The Morgan fingerprint density at radius 3 is 2.43 bits per heavy atom. The van der Waals surface area contributed by atoms with Gasteiger partial charge in [-0.1, -0.05) is 48.4 Å². The summed E-state index contributed by atoms with van der Waals surface area (Å²) < 4.78 is 30.6. The Morgan fingerprint density at radius 1 is 1.07 bits per heavy atom. The third-order valence-corrected chi connectivity index (χ3v) is 5.57. The van der Waals surface area contributed by atoms with Crippen molar-refractivity contribution in [3.63, 3.8) is 0 Å². The van der Waals surface area contributed by atoms with Gasteiger partial charge < -0.3 is 4.18 Å². The van der Waals surface area contributed by atoms with Gasteiger partial charge in [-0.2, -0.15) is 8.42 Å². The van der Waals surface area contributed by atoms with Crippen molar-refractivity contribution in [3.8, 4) is 5.88 Å². The highest BCUT2D eigenvalue weighted by Gasteiger charge is 2.23. The number of aromatic nitrogens is 1. The van der Waals surface area contributed by atoms with E-state index in [-0.39, 0.29) is 16.3 Å². The highest BCUT2D eigenvalue weighted by molar-refractivity contribution is 7.87. The van der Waals surface area contributed by atoms with Crippen molar-refractivity contribution in [2.45, 2.75) is 25.2 Å². The van der Waals surface area contributed by atoms with E-state index in [9.17, 15) is 13.2 Å². The number of carbonyl (C=O) groups is 1. The van der Waals surface area contributed by atoms with E-state index >= 15 is 0 Å². The summed E-state index contributed by atoms with van der Waals surface area (Å²) in [6.45, 7) is 3.73. The number of rotatable bonds is 6. The van der Waals surface area contributed by atoms with E-state index in [0.717, 1.165) is 5.56 Å². The molecule has 0 bridgehead atoms. The molecule has 0 saturated carbocycles. The van der Waals surface area contributed by atoms with Crippen molar-refractivity contribution in [3.05, 3.63) is 88.1 Å². The van der Waals surface area contributed by atoms with Crippen LogP contribution in [0.2, 0.25) is 5.02 Å². The molecule has 144 valence electrons. The highest BCUT2D eigenvalue weighted by atomic mass is 35.5. The van der Waals surface area contributed by atoms with Gasteiger partial charge in [-0.3, -0.25) is 4.79 Å². The standard InChI is InChI=1S/C21H18ClNO4S/c1-3-17-9-12-19(20(24)15-5-4-6-16(22)13-15)21(23-17)27-28(25,26)18-10-7-14(2)8-11-18/h4-13H,3H2,1-2H3. The quantitative estimate of drug-likeness (QED) is 0.434. The van der Waals surface area contributed by atoms with Crippen LogP contribution in [0, 0.1) is 6.92 Å². The van der Waals surface area contributed by atoms with Crippen molar-refractivity contribution in [1.82, 2.24) is 4.98 Å². The SMILES string of the molecule is CCc1ccc(C(=O)c2cccc(Cl)c2)c(OS(=O)(=O)c2ccc(C)cc2)n1. The smallest absolute Gasteiger partial charge is 0.340 e. The lowest BCUT2D eigenvalue weighted by Crippen LogP contribution is -2.15. The molecule has 28 heavy (non-hydrogen) atoms. The normalized spacial score (nSPS) is 11.2. The summed E-state index contributed by atoms with van der Waals surface area (Å²) in [5.41, 5.74) is 1.89. The third kappa shape index (κ3) is 4.40. The van der Waals surface area contributed by atoms with Gasteiger partial charge in [0.2, 0.25) is 5.88 Å². The summed E-state index contributed by atoms with van der Waals surface area (Å²) in [4.78, 5) is 17.1. The lowest BCUT2D eigenvalue weighted by molar-refractivity contribution is 0.103. The lowest BCUT2D eigenvalue weighted by atomic mass is 10.0. The van der Waals surface area contributed by atoms with Gasteiger partial charge in [0.25, 0.3) is 0 Å². The summed E-state index contributed by atoms with van der Waals surface area (Å²) in [5.74, 6) is -0.670. The molecule has 0 aliphatic carbocycles. The van der Waals surface area contributed by atoms with Gasteiger partial charge in [-0.25, -0.2) is 4.98 Å². The van der Waals surface area contributed by atoms with Crippen LogP contribution in [0.15, 0.2) is 65.6 Å². The fourth-order valence-electron chi connectivity index (χ4n) is 2.55. The maximum atomic E-state index is 12.9. The molecule has 1 heterocycles. The fourth-order valence-corrected chi connectivity index (χ4v) is 3.64. The molecule has 0 N–H and O–H groups in total. The monoisotopic (exact) mass is 415 g/mol. The molecule has 0 aliphatic rings. The predicted octanol–water partition coefficient (Wildman–Crippen LogP) is 4.60. The molecule has 0 radical (unpaired) electrons. The molecule has 0 unspecified atom stereocenters. The average molecular weight is 416 g/mol. The molecule has 0 aliphatic heterocycles. The van der Waals surface area contributed by atoms with Crippen LogP contribution >= 0.6 is 11.6 Å². The molecule has 1 aromatic heterocycles. The number of hydrogen-bond donors (Lipinski definition) is 0. The summed E-state index contributed by atoms with van der Waals surface area (Å²) in [6.07, 6.45) is 0.562. The number of hydrogen-bond acceptors (Lipinski definition) is 5. The van der Waals surface area contributed by atoms with Gasteiger partial charge in [0.1, 0.15) is 4.90 Å². The number of halogens is 1. The van der Waals surface area contributed by atoms with E-state index in [1.165, 1.54) is 24.3 Å². The van der Waals surface area contributed by atoms with Crippen molar-refractivity contribution in [2.75, 3.05) is 0 Å². The summed E-state index contributed by atoms with van der Waals surface area (Å²) >= 11 is 5.97. The van der Waals surface area contributed by atoms with Crippen molar-refractivity contribution in [1.29, 1.82) is 0 Å². The largest absolute Gasteiger partial charge is 0.357 e. The van der Waals surface area contributed by atoms with Gasteiger partial charge in [0.15, 0.2) is 5.78 Å². The molecule has 0 saturated heterocycles. The van der Waals surface area contributed by atoms with Gasteiger partial charge in [0.05, 0.1) is 5.56 Å². The van der Waals surface area contributed by atoms with Gasteiger partial charge >= 0.3 is 10.1 Å². The zero-order chi connectivity index (χ0) is 20.3. The maximum Gasteiger partial charge on any atom is 0.340 e. The van der Waals surface area contributed by atoms with Gasteiger partial charge in [-0.05, 0) is 49.7 Å². The van der Waals surface area contributed by atoms with Crippen LogP contribution in [-0.4, -0.2) is 19.2 Å². The van der Waals surface area contributed by atoms with E-state index < -0.39 is 15.9 Å². The number of ketones is 1. The van der Waals surface area contributed by atoms with Crippen LogP contribution < -0.4 is 4.18 Å². The first-order valence-electron chi connectivity index (χ1n) is 8.61. The molecular formula is C21H18ClNO4S. The Labute approximate surface area is 169 Å². The Hall–Kier alpha value is -2.70. The summed E-state index contributed by atoms with van der Waals surface area (Å²) in [7, 11) is -4.14. The highest BCUT2D eigenvalue weighted by Crippen LogP contribution is 2.25. The minimum Gasteiger partial charge on any atom is -0.357 e. The second-order valence-electron chi connectivity index (χ2n) is 6.20. The fraction of sp³-hybridized carbons (Fsp3) is 0.143. The number of aryl methyl sites for hydroxylation is 2. The minimum atomic E-state index is -4.14. The number of benzene rings is 2. The summed E-state index contributed by atoms with van der Waals surface area (Å²) in [5, 5.41) is 0.402. The van der Waals surface area contributed by atoms with Crippen LogP contribution in [0.1, 0.15) is 34.1 Å². The van der Waals surface area contributed by atoms with E-state index in [1.54, 1.807) is 36.4 Å². The maximum absolute atomic E-state index is 12.9. The van der Waals surface area contributed by atoms with Gasteiger partial charge in [0, 0.05) is 16.3 Å².